The Hall–Kier alpha value is -1.41. The topological polar surface area (TPSA) is 93.1 Å². The summed E-state index contributed by atoms with van der Waals surface area (Å²) in [7, 11) is -1.38. The monoisotopic (exact) mass is 288 g/mol. The van der Waals surface area contributed by atoms with E-state index in [4.69, 9.17) is 0 Å². The average Bonchev–Trinajstić information content (AvgIpc) is 2.51. The van der Waals surface area contributed by atoms with Crippen molar-refractivity contribution in [2.75, 3.05) is 19.3 Å². The van der Waals surface area contributed by atoms with Crippen molar-refractivity contribution in [3.63, 3.8) is 0 Å². The Morgan fingerprint density at radius 2 is 1.95 bits per heavy atom. The number of aryl methyl sites for hydroxylation is 2. The van der Waals surface area contributed by atoms with E-state index in [1.54, 1.807) is 18.7 Å². The first kappa shape index (κ1) is 15.6. The zero-order chi connectivity index (χ0) is 14.6. The minimum absolute atomic E-state index is 0.178. The second-order valence-corrected chi connectivity index (χ2v) is 6.28. The number of rotatable bonds is 6. The van der Waals surface area contributed by atoms with E-state index in [0.717, 1.165) is 11.9 Å². The van der Waals surface area contributed by atoms with E-state index in [1.165, 1.54) is 0 Å². The molecule has 19 heavy (non-hydrogen) atoms. The van der Waals surface area contributed by atoms with E-state index in [1.807, 2.05) is 6.92 Å². The highest BCUT2D eigenvalue weighted by Crippen LogP contribution is 2.11. The van der Waals surface area contributed by atoms with Gasteiger partial charge in [-0.3, -0.25) is 9.48 Å². The molecule has 0 unspecified atom stereocenters. The summed E-state index contributed by atoms with van der Waals surface area (Å²) in [5, 5.41) is 6.93. The van der Waals surface area contributed by atoms with Crippen molar-refractivity contribution in [3.8, 4) is 0 Å². The predicted molar refractivity (Wildman–Crippen MR) is 72.5 cm³/mol. The Kier molecular flexibility index (Phi) is 5.07. The number of hydrogen-bond acceptors (Lipinski definition) is 4. The van der Waals surface area contributed by atoms with Crippen LogP contribution in [0.5, 0.6) is 0 Å². The van der Waals surface area contributed by atoms with E-state index in [2.05, 4.69) is 15.1 Å². The molecule has 0 bridgehead atoms. The summed E-state index contributed by atoms with van der Waals surface area (Å²) >= 11 is 0. The Labute approximate surface area is 113 Å². The van der Waals surface area contributed by atoms with Gasteiger partial charge in [0.25, 0.3) is 5.91 Å². The second-order valence-electron chi connectivity index (χ2n) is 4.45. The molecular weight excluding hydrogens is 268 g/mol. The van der Waals surface area contributed by atoms with Crippen molar-refractivity contribution in [2.45, 2.75) is 20.3 Å². The summed E-state index contributed by atoms with van der Waals surface area (Å²) in [5.74, 6) is -0.178. The van der Waals surface area contributed by atoms with Crippen LogP contribution in [0.15, 0.2) is 0 Å². The van der Waals surface area contributed by atoms with Gasteiger partial charge in [-0.1, -0.05) is 0 Å². The number of aromatic nitrogens is 2. The highest BCUT2D eigenvalue weighted by molar-refractivity contribution is 7.88. The van der Waals surface area contributed by atoms with Crippen molar-refractivity contribution >= 4 is 15.9 Å². The van der Waals surface area contributed by atoms with Crippen LogP contribution in [-0.2, 0) is 17.1 Å². The van der Waals surface area contributed by atoms with E-state index in [-0.39, 0.29) is 5.91 Å². The molecule has 1 rings (SSSR count). The first-order valence-corrected chi connectivity index (χ1v) is 7.84. The number of nitrogens with one attached hydrogen (secondary N) is 2. The molecular formula is C11H20N4O3S. The minimum atomic E-state index is -3.16. The molecule has 0 radical (unpaired) electrons. The molecule has 0 saturated carbocycles. The number of carbonyl (C=O) groups excluding carboxylic acids is 1. The lowest BCUT2D eigenvalue weighted by atomic mass is 10.2. The van der Waals surface area contributed by atoms with Gasteiger partial charge in [-0.15, -0.1) is 0 Å². The molecule has 0 aromatic carbocycles. The van der Waals surface area contributed by atoms with Gasteiger partial charge in [-0.25, -0.2) is 13.1 Å². The molecule has 0 aliphatic carbocycles. The Balaban J connectivity index is 2.44. The molecule has 0 saturated heterocycles. The zero-order valence-corrected chi connectivity index (χ0v) is 12.5. The summed E-state index contributed by atoms with van der Waals surface area (Å²) < 4.78 is 25.7. The third-order valence-corrected chi connectivity index (χ3v) is 3.47. The van der Waals surface area contributed by atoms with Crippen molar-refractivity contribution in [2.24, 2.45) is 7.05 Å². The highest BCUT2D eigenvalue weighted by atomic mass is 32.2. The summed E-state index contributed by atoms with van der Waals surface area (Å²) in [4.78, 5) is 12.0. The summed E-state index contributed by atoms with van der Waals surface area (Å²) in [6.45, 7) is 4.34. The normalized spacial score (nSPS) is 11.6. The highest BCUT2D eigenvalue weighted by Gasteiger charge is 2.16. The third-order valence-electron chi connectivity index (χ3n) is 2.74. The van der Waals surface area contributed by atoms with Gasteiger partial charge in [0.2, 0.25) is 10.0 Å². The Bertz CT molecular complexity index is 563. The number of carbonyl (C=O) groups is 1. The van der Waals surface area contributed by atoms with E-state index < -0.39 is 10.0 Å². The SMILES string of the molecule is Cc1nn(C)c(C)c1C(=O)NCCCNS(C)(=O)=O. The van der Waals surface area contributed by atoms with Crippen LogP contribution in [0, 0.1) is 13.8 Å². The number of sulfonamides is 1. The van der Waals surface area contributed by atoms with Crippen molar-refractivity contribution in [3.05, 3.63) is 17.0 Å². The van der Waals surface area contributed by atoms with Crippen LogP contribution in [-0.4, -0.2) is 43.5 Å². The summed E-state index contributed by atoms with van der Waals surface area (Å²) in [6, 6.07) is 0. The molecule has 8 heteroatoms. The Morgan fingerprint density at radius 1 is 1.32 bits per heavy atom. The largest absolute Gasteiger partial charge is 0.352 e. The lowest BCUT2D eigenvalue weighted by Gasteiger charge is -2.06. The maximum atomic E-state index is 12.0. The maximum Gasteiger partial charge on any atom is 0.255 e. The van der Waals surface area contributed by atoms with Crippen LogP contribution in [0.25, 0.3) is 0 Å². The maximum absolute atomic E-state index is 12.0. The van der Waals surface area contributed by atoms with E-state index in [9.17, 15) is 13.2 Å². The molecule has 1 amide bonds. The van der Waals surface area contributed by atoms with Gasteiger partial charge in [0.05, 0.1) is 17.5 Å². The molecule has 0 spiro atoms. The van der Waals surface area contributed by atoms with E-state index >= 15 is 0 Å². The van der Waals surface area contributed by atoms with Gasteiger partial charge in [-0.2, -0.15) is 5.10 Å². The van der Waals surface area contributed by atoms with Gasteiger partial charge in [-0.05, 0) is 20.3 Å². The molecule has 1 heterocycles. The molecule has 108 valence electrons. The molecule has 7 nitrogen and oxygen atoms in total. The van der Waals surface area contributed by atoms with Crippen LogP contribution in [0.4, 0.5) is 0 Å². The van der Waals surface area contributed by atoms with Crippen LogP contribution in [0.3, 0.4) is 0 Å². The minimum Gasteiger partial charge on any atom is -0.352 e. The molecule has 0 fully saturated rings. The second kappa shape index (κ2) is 6.16. The first-order chi connectivity index (χ1) is 8.72. The lowest BCUT2D eigenvalue weighted by molar-refractivity contribution is 0.0952. The van der Waals surface area contributed by atoms with Crippen molar-refractivity contribution < 1.29 is 13.2 Å². The van der Waals surface area contributed by atoms with E-state index in [0.29, 0.717) is 30.8 Å². The van der Waals surface area contributed by atoms with Gasteiger partial charge >= 0.3 is 0 Å². The quantitative estimate of drug-likeness (QED) is 0.703. The van der Waals surface area contributed by atoms with Gasteiger partial charge in [0.15, 0.2) is 0 Å². The van der Waals surface area contributed by atoms with Crippen molar-refractivity contribution in [1.29, 1.82) is 0 Å². The van der Waals surface area contributed by atoms with Gasteiger partial charge in [0.1, 0.15) is 0 Å². The van der Waals surface area contributed by atoms with Crippen LogP contribution in [0.1, 0.15) is 28.2 Å². The zero-order valence-electron chi connectivity index (χ0n) is 11.6. The smallest absolute Gasteiger partial charge is 0.255 e. The molecule has 0 atom stereocenters. The average molecular weight is 288 g/mol. The molecule has 1 aromatic heterocycles. The van der Waals surface area contributed by atoms with Gasteiger partial charge in [0, 0.05) is 25.8 Å². The number of hydrogen-bond donors (Lipinski definition) is 2. The third kappa shape index (κ3) is 4.64. The summed E-state index contributed by atoms with van der Waals surface area (Å²) in [5.41, 5.74) is 2.08. The van der Waals surface area contributed by atoms with Gasteiger partial charge < -0.3 is 5.32 Å². The predicted octanol–water partition coefficient (Wildman–Crippen LogP) is -0.294. The molecule has 0 aliphatic heterocycles. The Morgan fingerprint density at radius 3 is 2.42 bits per heavy atom. The van der Waals surface area contributed by atoms with Crippen LogP contribution < -0.4 is 10.0 Å². The molecule has 0 aliphatic rings. The lowest BCUT2D eigenvalue weighted by Crippen LogP contribution is -2.29. The van der Waals surface area contributed by atoms with Crippen LogP contribution in [0.2, 0.25) is 0 Å². The number of nitrogens with zero attached hydrogens (tertiary/aromatic N) is 2. The number of amides is 1. The summed E-state index contributed by atoms with van der Waals surface area (Å²) in [6.07, 6.45) is 1.64. The fourth-order valence-electron chi connectivity index (χ4n) is 1.74. The molecule has 1 aromatic rings. The standard InChI is InChI=1S/C11H20N4O3S/c1-8-10(9(2)15(3)14-8)11(16)12-6-5-7-13-19(4,17)18/h13H,5-7H2,1-4H3,(H,12,16). The first-order valence-electron chi connectivity index (χ1n) is 5.95. The van der Waals surface area contributed by atoms with Crippen molar-refractivity contribution in [1.82, 2.24) is 19.8 Å². The fourth-order valence-corrected chi connectivity index (χ4v) is 2.25. The molecule has 2 N–H and O–H groups in total. The fraction of sp³-hybridized carbons (Fsp3) is 0.636. The van der Waals surface area contributed by atoms with Crippen LogP contribution >= 0.6 is 0 Å².